The van der Waals surface area contributed by atoms with E-state index in [4.69, 9.17) is 0 Å². The van der Waals surface area contributed by atoms with Crippen LogP contribution in [-0.4, -0.2) is 28.7 Å². The summed E-state index contributed by atoms with van der Waals surface area (Å²) in [7, 11) is 0. The van der Waals surface area contributed by atoms with E-state index in [2.05, 4.69) is 5.32 Å². The van der Waals surface area contributed by atoms with Gasteiger partial charge in [0.25, 0.3) is 0 Å². The van der Waals surface area contributed by atoms with E-state index in [1.165, 1.54) is 0 Å². The lowest BCUT2D eigenvalue weighted by Crippen LogP contribution is -2.48. The minimum Gasteiger partial charge on any atom is -0.478 e. The van der Waals surface area contributed by atoms with E-state index < -0.39 is 5.97 Å². The van der Waals surface area contributed by atoms with Gasteiger partial charge in [-0.1, -0.05) is 30.3 Å². The summed E-state index contributed by atoms with van der Waals surface area (Å²) < 4.78 is 0. The number of allylic oxidation sites excluding steroid dienone is 2. The summed E-state index contributed by atoms with van der Waals surface area (Å²) in [6.07, 6.45) is 5.04. The lowest BCUT2D eigenvalue weighted by atomic mass is 10.0. The Labute approximate surface area is 143 Å². The third-order valence-corrected chi connectivity index (χ3v) is 3.50. The number of benzene rings is 1. The SMILES string of the molecule is CCN1C=CC=C(C(=O)O)C1NC(C)c1ccccc1.Cl.Cl. The molecule has 1 aromatic carbocycles. The van der Waals surface area contributed by atoms with Gasteiger partial charge in [-0.2, -0.15) is 0 Å². The standard InChI is InChI=1S/C16H20N2O2.2ClH/c1-3-18-11-7-10-14(16(19)20)15(18)17-12(2)13-8-5-4-6-9-13;;/h4-12,15,17H,3H2,1-2H3,(H,19,20);2*1H. The number of carboxylic acid groups (broad SMARTS) is 1. The minimum absolute atomic E-state index is 0. The molecular weight excluding hydrogens is 323 g/mol. The third-order valence-electron chi connectivity index (χ3n) is 3.50. The zero-order valence-corrected chi connectivity index (χ0v) is 14.2. The number of hydrogen-bond acceptors (Lipinski definition) is 3. The number of nitrogens with one attached hydrogen (secondary N) is 1. The first kappa shape index (κ1) is 20.5. The molecule has 0 bridgehead atoms. The maximum atomic E-state index is 11.4. The monoisotopic (exact) mass is 344 g/mol. The van der Waals surface area contributed by atoms with E-state index >= 15 is 0 Å². The largest absolute Gasteiger partial charge is 0.478 e. The number of aliphatic carboxylic acids is 1. The van der Waals surface area contributed by atoms with Gasteiger partial charge < -0.3 is 10.0 Å². The molecule has 0 saturated carbocycles. The van der Waals surface area contributed by atoms with Gasteiger partial charge in [0.2, 0.25) is 0 Å². The van der Waals surface area contributed by atoms with Crippen LogP contribution in [0.4, 0.5) is 0 Å². The van der Waals surface area contributed by atoms with Crippen molar-refractivity contribution in [3.05, 3.63) is 59.8 Å². The molecule has 2 N–H and O–H groups in total. The van der Waals surface area contributed by atoms with Gasteiger partial charge in [0.15, 0.2) is 0 Å². The van der Waals surface area contributed by atoms with Crippen LogP contribution in [0.5, 0.6) is 0 Å². The summed E-state index contributed by atoms with van der Waals surface area (Å²) in [6.45, 7) is 4.80. The summed E-state index contributed by atoms with van der Waals surface area (Å²) in [5, 5.41) is 12.7. The number of hydrogen-bond donors (Lipinski definition) is 2. The first-order valence-corrected chi connectivity index (χ1v) is 6.82. The Bertz CT molecular complexity index is 532. The van der Waals surface area contributed by atoms with Crippen molar-refractivity contribution in [3.63, 3.8) is 0 Å². The Morgan fingerprint density at radius 2 is 1.95 bits per heavy atom. The van der Waals surface area contributed by atoms with Crippen LogP contribution in [0.3, 0.4) is 0 Å². The number of carbonyl (C=O) groups is 1. The fourth-order valence-electron chi connectivity index (χ4n) is 2.35. The molecule has 0 fully saturated rings. The topological polar surface area (TPSA) is 52.6 Å². The van der Waals surface area contributed by atoms with Gasteiger partial charge in [-0.05, 0) is 31.6 Å². The molecule has 22 heavy (non-hydrogen) atoms. The highest BCUT2D eigenvalue weighted by Gasteiger charge is 2.27. The van der Waals surface area contributed by atoms with Crippen LogP contribution in [0.2, 0.25) is 0 Å². The molecule has 0 radical (unpaired) electrons. The van der Waals surface area contributed by atoms with Gasteiger partial charge in [0, 0.05) is 18.8 Å². The Morgan fingerprint density at radius 1 is 1.32 bits per heavy atom. The lowest BCUT2D eigenvalue weighted by molar-refractivity contribution is -0.133. The van der Waals surface area contributed by atoms with Crippen LogP contribution < -0.4 is 5.32 Å². The first-order chi connectivity index (χ1) is 9.63. The molecule has 1 aromatic rings. The Hall–Kier alpha value is -1.49. The van der Waals surface area contributed by atoms with Gasteiger partial charge in [-0.3, -0.25) is 5.32 Å². The molecule has 0 saturated heterocycles. The number of rotatable bonds is 5. The van der Waals surface area contributed by atoms with Gasteiger partial charge in [-0.25, -0.2) is 4.79 Å². The molecular formula is C16H22Cl2N2O2. The summed E-state index contributed by atoms with van der Waals surface area (Å²) in [5.41, 5.74) is 1.51. The van der Waals surface area contributed by atoms with Crippen LogP contribution >= 0.6 is 24.8 Å². The summed E-state index contributed by atoms with van der Waals surface area (Å²) in [5.74, 6) is -0.884. The molecule has 0 amide bonds. The number of likely N-dealkylation sites (N-methyl/N-ethyl adjacent to an activating group) is 1. The predicted octanol–water partition coefficient (Wildman–Crippen LogP) is 3.37. The Balaban J connectivity index is 0.00000220. The summed E-state index contributed by atoms with van der Waals surface area (Å²) in [4.78, 5) is 13.4. The Morgan fingerprint density at radius 3 is 2.50 bits per heavy atom. The first-order valence-electron chi connectivity index (χ1n) is 6.82. The smallest absolute Gasteiger partial charge is 0.335 e. The molecule has 1 heterocycles. The maximum Gasteiger partial charge on any atom is 0.335 e. The molecule has 0 spiro atoms. The quantitative estimate of drug-likeness (QED) is 0.859. The molecule has 2 rings (SSSR count). The van der Waals surface area contributed by atoms with Gasteiger partial charge >= 0.3 is 5.97 Å². The highest BCUT2D eigenvalue weighted by molar-refractivity contribution is 5.88. The molecule has 6 heteroatoms. The second-order valence-electron chi connectivity index (χ2n) is 4.80. The van der Waals surface area contributed by atoms with Gasteiger partial charge in [0.1, 0.15) is 6.17 Å². The van der Waals surface area contributed by atoms with Gasteiger partial charge in [-0.15, -0.1) is 24.8 Å². The second kappa shape index (κ2) is 9.51. The molecule has 2 unspecified atom stereocenters. The van der Waals surface area contributed by atoms with E-state index in [0.717, 1.165) is 12.1 Å². The fourth-order valence-corrected chi connectivity index (χ4v) is 2.35. The number of nitrogens with zero attached hydrogens (tertiary/aromatic N) is 1. The Kier molecular flexibility index (Phi) is 8.87. The van der Waals surface area contributed by atoms with Crippen molar-refractivity contribution in [1.82, 2.24) is 10.2 Å². The second-order valence-corrected chi connectivity index (χ2v) is 4.80. The minimum atomic E-state index is -0.884. The number of carboxylic acids is 1. The zero-order valence-electron chi connectivity index (χ0n) is 12.6. The molecule has 0 aliphatic carbocycles. The fraction of sp³-hybridized carbons (Fsp3) is 0.312. The molecule has 1 aliphatic heterocycles. The van der Waals surface area contributed by atoms with E-state index in [1.54, 1.807) is 12.2 Å². The molecule has 1 aliphatic rings. The normalized spacial score (nSPS) is 17.8. The zero-order chi connectivity index (χ0) is 14.5. The van der Waals surface area contributed by atoms with Crippen molar-refractivity contribution in [2.24, 2.45) is 0 Å². The van der Waals surface area contributed by atoms with Crippen LogP contribution in [0.1, 0.15) is 25.5 Å². The van der Waals surface area contributed by atoms with Crippen LogP contribution in [0.25, 0.3) is 0 Å². The van der Waals surface area contributed by atoms with Crippen LogP contribution in [-0.2, 0) is 4.79 Å². The van der Waals surface area contributed by atoms with Crippen molar-refractivity contribution in [3.8, 4) is 0 Å². The lowest BCUT2D eigenvalue weighted by Gasteiger charge is -2.35. The van der Waals surface area contributed by atoms with Crippen molar-refractivity contribution in [2.75, 3.05) is 6.54 Å². The highest BCUT2D eigenvalue weighted by atomic mass is 35.5. The van der Waals surface area contributed by atoms with E-state index in [9.17, 15) is 9.90 Å². The van der Waals surface area contributed by atoms with E-state index in [-0.39, 0.29) is 37.0 Å². The predicted molar refractivity (Wildman–Crippen MR) is 93.5 cm³/mol. The van der Waals surface area contributed by atoms with Gasteiger partial charge in [0.05, 0.1) is 5.57 Å². The molecule has 4 nitrogen and oxygen atoms in total. The maximum absolute atomic E-state index is 11.4. The van der Waals surface area contributed by atoms with E-state index in [0.29, 0.717) is 5.57 Å². The summed E-state index contributed by atoms with van der Waals surface area (Å²) >= 11 is 0. The van der Waals surface area contributed by atoms with Crippen LogP contribution in [0, 0.1) is 0 Å². The number of halogens is 2. The third kappa shape index (κ3) is 4.77. The van der Waals surface area contributed by atoms with E-state index in [1.807, 2.05) is 55.3 Å². The molecule has 122 valence electrons. The average Bonchev–Trinajstić information content (AvgIpc) is 2.48. The molecule has 2 atom stereocenters. The van der Waals surface area contributed by atoms with Crippen LogP contribution in [0.15, 0.2) is 54.3 Å². The van der Waals surface area contributed by atoms with Crippen molar-refractivity contribution < 1.29 is 9.90 Å². The van der Waals surface area contributed by atoms with Crippen molar-refractivity contribution >= 4 is 30.8 Å². The van der Waals surface area contributed by atoms with Crippen molar-refractivity contribution in [1.29, 1.82) is 0 Å². The highest BCUT2D eigenvalue weighted by Crippen LogP contribution is 2.19. The molecule has 0 aromatic heterocycles. The van der Waals surface area contributed by atoms with Crippen molar-refractivity contribution in [2.45, 2.75) is 26.1 Å². The summed E-state index contributed by atoms with van der Waals surface area (Å²) in [6, 6.07) is 10.1. The average molecular weight is 345 g/mol.